The molecule has 0 radical (unpaired) electrons. The summed E-state index contributed by atoms with van der Waals surface area (Å²) in [5.41, 5.74) is 7.60. The molecule has 1 aliphatic heterocycles. The van der Waals surface area contributed by atoms with Crippen molar-refractivity contribution in [1.29, 1.82) is 0 Å². The minimum atomic E-state index is -0.126. The van der Waals surface area contributed by atoms with E-state index in [9.17, 15) is 4.79 Å². The number of hydrogen-bond acceptors (Lipinski definition) is 5. The van der Waals surface area contributed by atoms with Crippen LogP contribution < -0.4 is 10.5 Å². The first-order chi connectivity index (χ1) is 14.9. The van der Waals surface area contributed by atoms with Gasteiger partial charge in [-0.05, 0) is 48.8 Å². The summed E-state index contributed by atoms with van der Waals surface area (Å²) in [5.74, 6) is 1.72. The molecule has 0 amide bonds. The number of esters is 1. The number of rotatable bonds is 11. The van der Waals surface area contributed by atoms with Gasteiger partial charge in [-0.15, -0.1) is 0 Å². The number of ether oxygens (including phenoxy) is 3. The van der Waals surface area contributed by atoms with Crippen LogP contribution in [0, 0.1) is 11.8 Å². The topological polar surface area (TPSA) is 70.8 Å². The van der Waals surface area contributed by atoms with Gasteiger partial charge >= 0.3 is 5.97 Å². The second-order valence-corrected chi connectivity index (χ2v) is 8.22. The van der Waals surface area contributed by atoms with Crippen molar-refractivity contribution in [2.24, 2.45) is 17.6 Å². The summed E-state index contributed by atoms with van der Waals surface area (Å²) in [5, 5.41) is 0. The van der Waals surface area contributed by atoms with E-state index in [1.807, 2.05) is 26.0 Å². The SMILES string of the molecule is CC.CCC.COCCCOc1cccc(CC(CC(N)C2CCC(=O)O2)C(C)C)c1. The number of hydrogen-bond donors (Lipinski definition) is 1. The molecule has 0 aliphatic carbocycles. The van der Waals surface area contributed by atoms with Crippen LogP contribution >= 0.6 is 0 Å². The molecule has 1 fully saturated rings. The van der Waals surface area contributed by atoms with Crippen molar-refractivity contribution in [2.45, 2.75) is 92.2 Å². The van der Waals surface area contributed by atoms with Gasteiger partial charge in [0.25, 0.3) is 0 Å². The van der Waals surface area contributed by atoms with Gasteiger partial charge in [0.05, 0.1) is 6.61 Å². The predicted molar refractivity (Wildman–Crippen MR) is 129 cm³/mol. The Morgan fingerprint density at radius 3 is 2.42 bits per heavy atom. The highest BCUT2D eigenvalue weighted by Gasteiger charge is 2.31. The summed E-state index contributed by atoms with van der Waals surface area (Å²) in [6.45, 7) is 14.1. The van der Waals surface area contributed by atoms with Crippen LogP contribution in [0.5, 0.6) is 5.75 Å². The highest BCUT2D eigenvalue weighted by Crippen LogP contribution is 2.27. The van der Waals surface area contributed by atoms with E-state index < -0.39 is 0 Å². The number of cyclic esters (lactones) is 1. The zero-order valence-electron chi connectivity index (χ0n) is 21.0. The van der Waals surface area contributed by atoms with Crippen LogP contribution in [0.3, 0.4) is 0 Å². The van der Waals surface area contributed by atoms with E-state index in [1.54, 1.807) is 7.11 Å². The normalized spacial score (nSPS) is 17.1. The lowest BCUT2D eigenvalue weighted by atomic mass is 9.83. The standard InChI is InChI=1S/C21H33NO4.C3H8.C2H6/c1-15(2)17(14-19(22)20-8-9-21(23)26-20)12-16-6-4-7-18(13-16)25-11-5-10-24-3;1-3-2;1-2/h4,6-7,13,15,17,19-20H,5,8-12,14,22H2,1-3H3;3H2,1-2H3;1-2H3. The number of nitrogens with two attached hydrogens (primary N) is 1. The van der Waals surface area contributed by atoms with Gasteiger partial charge in [0.15, 0.2) is 0 Å². The molecule has 1 aromatic carbocycles. The van der Waals surface area contributed by atoms with Crippen molar-refractivity contribution < 1.29 is 19.0 Å². The van der Waals surface area contributed by atoms with Crippen molar-refractivity contribution in [2.75, 3.05) is 20.3 Å². The first-order valence-electron chi connectivity index (χ1n) is 12.1. The summed E-state index contributed by atoms with van der Waals surface area (Å²) >= 11 is 0. The highest BCUT2D eigenvalue weighted by molar-refractivity contribution is 5.71. The van der Waals surface area contributed by atoms with Crippen LogP contribution in [0.4, 0.5) is 0 Å². The molecular weight excluding hydrogens is 390 g/mol. The molecule has 1 aliphatic rings. The van der Waals surface area contributed by atoms with Gasteiger partial charge in [0.2, 0.25) is 0 Å². The molecule has 3 atom stereocenters. The van der Waals surface area contributed by atoms with Crippen LogP contribution in [-0.2, 0) is 20.7 Å². The molecule has 0 spiro atoms. The maximum Gasteiger partial charge on any atom is 0.306 e. The van der Waals surface area contributed by atoms with Crippen molar-refractivity contribution >= 4 is 5.97 Å². The summed E-state index contributed by atoms with van der Waals surface area (Å²) in [4.78, 5) is 11.3. The predicted octanol–water partition coefficient (Wildman–Crippen LogP) is 5.78. The molecule has 0 saturated carbocycles. The summed E-state index contributed by atoms with van der Waals surface area (Å²) in [7, 11) is 1.70. The number of carbonyl (C=O) groups excluding carboxylic acids is 1. The lowest BCUT2D eigenvalue weighted by molar-refractivity contribution is -0.142. The third-order valence-electron chi connectivity index (χ3n) is 5.07. The van der Waals surface area contributed by atoms with Crippen molar-refractivity contribution in [3.63, 3.8) is 0 Å². The molecule has 1 aromatic rings. The van der Waals surface area contributed by atoms with E-state index in [-0.39, 0.29) is 18.1 Å². The molecule has 1 saturated heterocycles. The van der Waals surface area contributed by atoms with Gasteiger partial charge in [-0.25, -0.2) is 0 Å². The Hall–Kier alpha value is -1.59. The molecule has 2 rings (SSSR count). The fourth-order valence-electron chi connectivity index (χ4n) is 3.40. The third kappa shape index (κ3) is 12.8. The molecule has 5 heteroatoms. The van der Waals surface area contributed by atoms with E-state index in [0.29, 0.717) is 31.5 Å². The Labute approximate surface area is 191 Å². The van der Waals surface area contributed by atoms with Crippen molar-refractivity contribution in [3.8, 4) is 5.75 Å². The van der Waals surface area contributed by atoms with E-state index in [4.69, 9.17) is 19.9 Å². The first-order valence-corrected chi connectivity index (χ1v) is 12.1. The Balaban J connectivity index is 0.00000165. The van der Waals surface area contributed by atoms with Gasteiger partial charge in [0, 0.05) is 32.6 Å². The van der Waals surface area contributed by atoms with E-state index in [1.165, 1.54) is 12.0 Å². The monoisotopic (exact) mass is 437 g/mol. The molecule has 0 bridgehead atoms. The Morgan fingerprint density at radius 2 is 1.87 bits per heavy atom. The zero-order chi connectivity index (χ0) is 23.6. The first kappa shape index (κ1) is 29.4. The van der Waals surface area contributed by atoms with Gasteiger partial charge in [-0.2, -0.15) is 0 Å². The zero-order valence-corrected chi connectivity index (χ0v) is 21.0. The lowest BCUT2D eigenvalue weighted by Gasteiger charge is -2.27. The van der Waals surface area contributed by atoms with E-state index >= 15 is 0 Å². The quantitative estimate of drug-likeness (QED) is 0.351. The van der Waals surface area contributed by atoms with Crippen molar-refractivity contribution in [3.05, 3.63) is 29.8 Å². The molecular formula is C26H47NO4. The summed E-state index contributed by atoms with van der Waals surface area (Å²) in [6, 6.07) is 8.19. The second kappa shape index (κ2) is 18.0. The van der Waals surface area contributed by atoms with E-state index in [2.05, 4.69) is 39.8 Å². The van der Waals surface area contributed by atoms with Crippen LogP contribution in [0.15, 0.2) is 24.3 Å². The van der Waals surface area contributed by atoms with E-state index in [0.717, 1.165) is 31.4 Å². The lowest BCUT2D eigenvalue weighted by Crippen LogP contribution is -2.37. The molecule has 3 unspecified atom stereocenters. The minimum absolute atomic E-state index is 0.0951. The molecule has 1 heterocycles. The van der Waals surface area contributed by atoms with Crippen LogP contribution in [0.25, 0.3) is 0 Å². The minimum Gasteiger partial charge on any atom is -0.493 e. The Morgan fingerprint density at radius 1 is 1.19 bits per heavy atom. The Kier molecular flexibility index (Phi) is 17.1. The second-order valence-electron chi connectivity index (χ2n) is 8.22. The molecule has 0 aromatic heterocycles. The fraction of sp³-hybridized carbons (Fsp3) is 0.731. The van der Waals surface area contributed by atoms with Crippen LogP contribution in [0.1, 0.15) is 79.2 Å². The van der Waals surface area contributed by atoms with Gasteiger partial charge in [0.1, 0.15) is 11.9 Å². The van der Waals surface area contributed by atoms with Gasteiger partial charge in [-0.3, -0.25) is 4.79 Å². The Bertz CT molecular complexity index is 576. The van der Waals surface area contributed by atoms with Gasteiger partial charge in [-0.1, -0.05) is 60.1 Å². The third-order valence-corrected chi connectivity index (χ3v) is 5.07. The highest BCUT2D eigenvalue weighted by atomic mass is 16.5. The van der Waals surface area contributed by atoms with Crippen molar-refractivity contribution in [1.82, 2.24) is 0 Å². The van der Waals surface area contributed by atoms with Crippen LogP contribution in [-0.4, -0.2) is 38.4 Å². The smallest absolute Gasteiger partial charge is 0.306 e. The number of methoxy groups -OCH3 is 1. The largest absolute Gasteiger partial charge is 0.493 e. The maximum atomic E-state index is 11.3. The molecule has 5 nitrogen and oxygen atoms in total. The average Bonchev–Trinajstić information content (AvgIpc) is 3.19. The number of carbonyl (C=O) groups is 1. The van der Waals surface area contributed by atoms with Gasteiger partial charge < -0.3 is 19.9 Å². The molecule has 2 N–H and O–H groups in total. The maximum absolute atomic E-state index is 11.3. The van der Waals surface area contributed by atoms with Crippen LogP contribution in [0.2, 0.25) is 0 Å². The average molecular weight is 438 g/mol. The fourth-order valence-corrected chi connectivity index (χ4v) is 3.40. The summed E-state index contributed by atoms with van der Waals surface area (Å²) in [6.07, 6.45) is 5.04. The number of benzene rings is 1. The molecule has 180 valence electrons. The molecule has 31 heavy (non-hydrogen) atoms. The summed E-state index contributed by atoms with van der Waals surface area (Å²) < 4.78 is 16.2.